The van der Waals surface area contributed by atoms with Crippen molar-refractivity contribution in [2.24, 2.45) is 0 Å². The summed E-state index contributed by atoms with van der Waals surface area (Å²) >= 11 is 7.54. The molecule has 0 atom stereocenters. The van der Waals surface area contributed by atoms with E-state index in [-0.39, 0.29) is 11.3 Å². The highest BCUT2D eigenvalue weighted by molar-refractivity contribution is 7.97. The van der Waals surface area contributed by atoms with Crippen molar-refractivity contribution in [2.75, 3.05) is 18.7 Å². The number of benzene rings is 1. The van der Waals surface area contributed by atoms with E-state index < -0.39 is 5.91 Å². The minimum absolute atomic E-state index is 0.0486. The number of aromatic amines is 1. The summed E-state index contributed by atoms with van der Waals surface area (Å²) in [6.45, 7) is 1.82. The Bertz CT molecular complexity index is 792. The van der Waals surface area contributed by atoms with E-state index in [1.807, 2.05) is 13.2 Å². The third-order valence-corrected chi connectivity index (χ3v) is 4.00. The molecule has 23 heavy (non-hydrogen) atoms. The minimum atomic E-state index is -0.488. The van der Waals surface area contributed by atoms with Crippen molar-refractivity contribution in [3.8, 4) is 5.75 Å². The van der Waals surface area contributed by atoms with E-state index in [2.05, 4.69) is 15.3 Å². The Balaban J connectivity index is 2.32. The van der Waals surface area contributed by atoms with Gasteiger partial charge < -0.3 is 15.0 Å². The summed E-state index contributed by atoms with van der Waals surface area (Å²) in [6.07, 6.45) is 1.88. The van der Waals surface area contributed by atoms with Crippen LogP contribution in [0.1, 0.15) is 21.9 Å². The Morgan fingerprint density at radius 1 is 1.43 bits per heavy atom. The Morgan fingerprint density at radius 3 is 2.83 bits per heavy atom. The fraction of sp³-hybridized carbons (Fsp3) is 0.267. The summed E-state index contributed by atoms with van der Waals surface area (Å²) in [5, 5.41) is 3.24. The van der Waals surface area contributed by atoms with E-state index in [0.717, 1.165) is 11.6 Å². The highest BCUT2D eigenvalue weighted by Crippen LogP contribution is 2.31. The molecule has 0 fully saturated rings. The number of hydrogen-bond acceptors (Lipinski definition) is 5. The van der Waals surface area contributed by atoms with Crippen LogP contribution in [0, 0.1) is 6.92 Å². The van der Waals surface area contributed by atoms with E-state index in [1.54, 1.807) is 12.1 Å². The number of halogens is 1. The molecule has 8 heteroatoms. The second kappa shape index (κ2) is 7.52. The van der Waals surface area contributed by atoms with Crippen molar-refractivity contribution >= 4 is 35.0 Å². The number of carbonyl (C=O) groups is 1. The maximum absolute atomic E-state index is 12.4. The van der Waals surface area contributed by atoms with E-state index in [4.69, 9.17) is 16.3 Å². The number of hydrogen-bond donors (Lipinski definition) is 2. The quantitative estimate of drug-likeness (QED) is 0.863. The summed E-state index contributed by atoms with van der Waals surface area (Å²) in [7, 11) is 1.48. The van der Waals surface area contributed by atoms with Gasteiger partial charge in [0, 0.05) is 17.2 Å². The van der Waals surface area contributed by atoms with Gasteiger partial charge in [-0.15, -0.1) is 0 Å². The van der Waals surface area contributed by atoms with Gasteiger partial charge >= 0.3 is 0 Å². The van der Waals surface area contributed by atoms with Crippen molar-refractivity contribution in [2.45, 2.75) is 12.7 Å². The lowest BCUT2D eigenvalue weighted by Crippen LogP contribution is -2.20. The molecule has 1 heterocycles. The van der Waals surface area contributed by atoms with Gasteiger partial charge in [-0.05, 0) is 24.8 Å². The van der Waals surface area contributed by atoms with Crippen molar-refractivity contribution < 1.29 is 9.53 Å². The van der Waals surface area contributed by atoms with Gasteiger partial charge in [-0.2, -0.15) is 11.8 Å². The standard InChI is InChI=1S/C15H16ClN3O3S/c1-8-4-10(12(22-2)5-9(8)16)18-15(21)11-6-14(20)19-13(17-11)7-23-3/h4-6H,7H2,1-3H3,(H,18,21)(H,17,19,20). The predicted octanol–water partition coefficient (Wildman–Crippen LogP) is 2.86. The van der Waals surface area contributed by atoms with Crippen LogP contribution in [0.15, 0.2) is 23.0 Å². The number of thioether (sulfide) groups is 1. The molecule has 6 nitrogen and oxygen atoms in total. The normalized spacial score (nSPS) is 10.4. The first-order chi connectivity index (χ1) is 10.9. The largest absolute Gasteiger partial charge is 0.495 e. The summed E-state index contributed by atoms with van der Waals surface area (Å²) in [4.78, 5) is 30.8. The molecule has 0 spiro atoms. The van der Waals surface area contributed by atoms with Crippen LogP contribution in [0.25, 0.3) is 0 Å². The predicted molar refractivity (Wildman–Crippen MR) is 92.8 cm³/mol. The van der Waals surface area contributed by atoms with Gasteiger partial charge in [0.1, 0.15) is 17.3 Å². The SMILES string of the molecule is COc1cc(Cl)c(C)cc1NC(=O)c1cc(=O)[nH]c(CSC)n1. The van der Waals surface area contributed by atoms with Crippen LogP contribution >= 0.6 is 23.4 Å². The van der Waals surface area contributed by atoms with E-state index in [0.29, 0.717) is 28.0 Å². The van der Waals surface area contributed by atoms with Gasteiger partial charge in [-0.25, -0.2) is 4.98 Å². The molecule has 0 aliphatic heterocycles. The smallest absolute Gasteiger partial charge is 0.274 e. The fourth-order valence-corrected chi connectivity index (χ4v) is 2.51. The average Bonchev–Trinajstić information content (AvgIpc) is 2.50. The zero-order valence-electron chi connectivity index (χ0n) is 12.9. The van der Waals surface area contributed by atoms with Crippen molar-refractivity contribution in [3.05, 3.63) is 50.7 Å². The molecule has 1 amide bonds. The Hall–Kier alpha value is -1.99. The molecule has 0 aliphatic rings. The van der Waals surface area contributed by atoms with Crippen LogP contribution in [0.4, 0.5) is 5.69 Å². The van der Waals surface area contributed by atoms with E-state index in [9.17, 15) is 9.59 Å². The lowest BCUT2D eigenvalue weighted by atomic mass is 10.2. The number of aryl methyl sites for hydroxylation is 1. The first kappa shape index (κ1) is 17.4. The lowest BCUT2D eigenvalue weighted by molar-refractivity contribution is 0.102. The van der Waals surface area contributed by atoms with Gasteiger partial charge in [0.05, 0.1) is 18.6 Å². The van der Waals surface area contributed by atoms with Gasteiger partial charge in [-0.1, -0.05) is 11.6 Å². The number of anilines is 1. The molecule has 1 aromatic heterocycles. The summed E-state index contributed by atoms with van der Waals surface area (Å²) < 4.78 is 5.21. The highest BCUT2D eigenvalue weighted by atomic mass is 35.5. The molecular weight excluding hydrogens is 338 g/mol. The molecule has 0 saturated carbocycles. The molecule has 0 unspecified atom stereocenters. The number of amides is 1. The van der Waals surface area contributed by atoms with E-state index in [1.165, 1.54) is 18.9 Å². The Kier molecular flexibility index (Phi) is 5.68. The summed E-state index contributed by atoms with van der Waals surface area (Å²) in [6, 6.07) is 4.49. The van der Waals surface area contributed by atoms with Crippen LogP contribution in [0.5, 0.6) is 5.75 Å². The van der Waals surface area contributed by atoms with Crippen molar-refractivity contribution in [1.29, 1.82) is 0 Å². The topological polar surface area (TPSA) is 84.1 Å². The van der Waals surface area contributed by atoms with Gasteiger partial charge in [0.15, 0.2) is 0 Å². The lowest BCUT2D eigenvalue weighted by Gasteiger charge is -2.12. The molecule has 0 bridgehead atoms. The molecule has 2 N–H and O–H groups in total. The van der Waals surface area contributed by atoms with Crippen molar-refractivity contribution in [1.82, 2.24) is 9.97 Å². The average molecular weight is 354 g/mol. The number of ether oxygens (including phenoxy) is 1. The molecule has 122 valence electrons. The Labute approximate surface area is 142 Å². The summed E-state index contributed by atoms with van der Waals surface area (Å²) in [5.74, 6) is 0.913. The molecule has 2 rings (SSSR count). The Morgan fingerprint density at radius 2 is 2.17 bits per heavy atom. The van der Waals surface area contributed by atoms with Crippen LogP contribution in [0.3, 0.4) is 0 Å². The molecule has 0 saturated heterocycles. The molecule has 2 aromatic rings. The van der Waals surface area contributed by atoms with Crippen molar-refractivity contribution in [3.63, 3.8) is 0 Å². The van der Waals surface area contributed by atoms with Crippen LogP contribution in [0.2, 0.25) is 5.02 Å². The van der Waals surface area contributed by atoms with Gasteiger partial charge in [0.2, 0.25) is 0 Å². The second-order valence-corrected chi connectivity index (χ2v) is 6.04. The van der Waals surface area contributed by atoms with Crippen LogP contribution < -0.4 is 15.6 Å². The number of rotatable bonds is 5. The van der Waals surface area contributed by atoms with Crippen LogP contribution in [-0.2, 0) is 5.75 Å². The number of nitrogens with one attached hydrogen (secondary N) is 2. The zero-order chi connectivity index (χ0) is 17.0. The fourth-order valence-electron chi connectivity index (χ4n) is 1.95. The summed E-state index contributed by atoms with van der Waals surface area (Å²) in [5.41, 5.74) is 0.943. The van der Waals surface area contributed by atoms with Gasteiger partial charge in [0.25, 0.3) is 11.5 Å². The molecular formula is C15H16ClN3O3S. The number of methoxy groups -OCH3 is 1. The third kappa shape index (κ3) is 4.27. The molecule has 0 radical (unpaired) electrons. The second-order valence-electron chi connectivity index (χ2n) is 4.77. The monoisotopic (exact) mass is 353 g/mol. The molecule has 1 aromatic carbocycles. The van der Waals surface area contributed by atoms with E-state index >= 15 is 0 Å². The van der Waals surface area contributed by atoms with Crippen LogP contribution in [-0.4, -0.2) is 29.2 Å². The zero-order valence-corrected chi connectivity index (χ0v) is 14.5. The first-order valence-corrected chi connectivity index (χ1v) is 8.46. The number of nitrogens with zero attached hydrogens (tertiary/aromatic N) is 1. The number of carbonyl (C=O) groups excluding carboxylic acids is 1. The number of H-pyrrole nitrogens is 1. The van der Waals surface area contributed by atoms with Gasteiger partial charge in [-0.3, -0.25) is 9.59 Å². The minimum Gasteiger partial charge on any atom is -0.495 e. The number of aromatic nitrogens is 2. The molecule has 0 aliphatic carbocycles. The maximum Gasteiger partial charge on any atom is 0.274 e. The highest BCUT2D eigenvalue weighted by Gasteiger charge is 2.14. The first-order valence-electron chi connectivity index (χ1n) is 6.69. The maximum atomic E-state index is 12.4. The third-order valence-electron chi connectivity index (χ3n) is 3.03.